The fourth-order valence-corrected chi connectivity index (χ4v) is 3.07. The summed E-state index contributed by atoms with van der Waals surface area (Å²) in [6, 6.07) is 8.67. The minimum atomic E-state index is -3.85. The molecule has 9 nitrogen and oxygen atoms in total. The van der Waals surface area contributed by atoms with Crippen LogP contribution >= 0.6 is 0 Å². The Balaban J connectivity index is 2.23. The van der Waals surface area contributed by atoms with E-state index in [9.17, 15) is 27.7 Å². The molecule has 0 aromatic heterocycles. The first kappa shape index (κ1) is 20.3. The molecule has 2 N–H and O–H groups in total. The Morgan fingerprint density at radius 1 is 1.26 bits per heavy atom. The van der Waals surface area contributed by atoms with Crippen molar-refractivity contribution in [3.8, 4) is 0 Å². The Morgan fingerprint density at radius 3 is 2.56 bits per heavy atom. The summed E-state index contributed by atoms with van der Waals surface area (Å²) in [5, 5.41) is 13.8. The quantitative estimate of drug-likeness (QED) is 0.543. The minimum Gasteiger partial charge on any atom is -0.360 e. The van der Waals surface area contributed by atoms with Crippen LogP contribution in [0.15, 0.2) is 47.4 Å². The van der Waals surface area contributed by atoms with E-state index < -0.39 is 32.4 Å². The fourth-order valence-electron chi connectivity index (χ4n) is 2.32. The van der Waals surface area contributed by atoms with Gasteiger partial charge in [0.25, 0.3) is 5.69 Å². The third-order valence-corrected chi connectivity index (χ3v) is 5.03. The Morgan fingerprint density at radius 2 is 1.96 bits per heavy atom. The minimum absolute atomic E-state index is 0.0597. The van der Waals surface area contributed by atoms with Crippen molar-refractivity contribution < 1.29 is 22.5 Å². The highest BCUT2D eigenvalue weighted by atomic mass is 32.2. The third kappa shape index (κ3) is 4.99. The van der Waals surface area contributed by atoms with E-state index in [4.69, 9.17) is 0 Å². The van der Waals surface area contributed by atoms with Gasteiger partial charge in [0, 0.05) is 18.8 Å². The van der Waals surface area contributed by atoms with Gasteiger partial charge in [0.1, 0.15) is 11.5 Å². The van der Waals surface area contributed by atoms with Gasteiger partial charge in [-0.1, -0.05) is 6.07 Å². The van der Waals surface area contributed by atoms with E-state index in [1.165, 1.54) is 49.3 Å². The standard InChI is InChI=1S/C16H17FN4O5S/c1-18-27(25,26)13-6-7-14(15(9-13)21(23)24)20(2)10-16(22)19-12-5-3-4-11(17)8-12/h3-9,18H,10H2,1-2H3,(H,19,22). The molecule has 0 bridgehead atoms. The van der Waals surface area contributed by atoms with Crippen molar-refractivity contribution >= 4 is 33.0 Å². The number of nitrogens with zero attached hydrogens (tertiary/aromatic N) is 2. The summed E-state index contributed by atoms with van der Waals surface area (Å²) in [6.45, 7) is -0.268. The van der Waals surface area contributed by atoms with E-state index >= 15 is 0 Å². The van der Waals surface area contributed by atoms with Crippen LogP contribution in [0.3, 0.4) is 0 Å². The number of anilines is 2. The van der Waals surface area contributed by atoms with Crippen LogP contribution in [0.25, 0.3) is 0 Å². The van der Waals surface area contributed by atoms with Crippen LogP contribution in [-0.2, 0) is 14.8 Å². The van der Waals surface area contributed by atoms with E-state index in [1.807, 2.05) is 0 Å². The molecule has 2 aromatic carbocycles. The zero-order valence-corrected chi connectivity index (χ0v) is 15.3. The number of likely N-dealkylation sites (N-methyl/N-ethyl adjacent to an activating group) is 1. The second-order valence-corrected chi connectivity index (χ2v) is 7.42. The Kier molecular flexibility index (Phi) is 6.08. The van der Waals surface area contributed by atoms with E-state index in [1.54, 1.807) is 0 Å². The number of nitro benzene ring substituents is 1. The summed E-state index contributed by atoms with van der Waals surface area (Å²) in [5.74, 6) is -1.04. The lowest BCUT2D eigenvalue weighted by Gasteiger charge is -2.19. The molecule has 0 unspecified atom stereocenters. The van der Waals surface area contributed by atoms with Crippen molar-refractivity contribution in [1.29, 1.82) is 0 Å². The number of sulfonamides is 1. The molecular formula is C16H17FN4O5S. The van der Waals surface area contributed by atoms with Crippen molar-refractivity contribution in [3.05, 3.63) is 58.4 Å². The van der Waals surface area contributed by atoms with Gasteiger partial charge in [0.05, 0.1) is 16.4 Å². The van der Waals surface area contributed by atoms with Crippen LogP contribution in [0.4, 0.5) is 21.5 Å². The SMILES string of the molecule is CNS(=O)(=O)c1ccc(N(C)CC(=O)Nc2cccc(F)c2)c([N+](=O)[O-])c1. The molecule has 11 heteroatoms. The molecule has 0 saturated heterocycles. The summed E-state index contributed by atoms with van der Waals surface area (Å²) >= 11 is 0. The molecule has 0 aliphatic carbocycles. The van der Waals surface area contributed by atoms with Crippen LogP contribution < -0.4 is 14.9 Å². The van der Waals surface area contributed by atoms with Gasteiger partial charge in [-0.05, 0) is 37.4 Å². The van der Waals surface area contributed by atoms with Gasteiger partial charge in [-0.15, -0.1) is 0 Å². The lowest BCUT2D eigenvalue weighted by Crippen LogP contribution is -2.30. The highest BCUT2D eigenvalue weighted by Gasteiger charge is 2.23. The fraction of sp³-hybridized carbons (Fsp3) is 0.188. The molecule has 2 aromatic rings. The van der Waals surface area contributed by atoms with Crippen molar-refractivity contribution in [2.24, 2.45) is 0 Å². The smallest absolute Gasteiger partial charge is 0.293 e. The molecule has 0 atom stereocenters. The van der Waals surface area contributed by atoms with Gasteiger partial charge in [-0.3, -0.25) is 14.9 Å². The summed E-state index contributed by atoms with van der Waals surface area (Å²) in [6.07, 6.45) is 0. The highest BCUT2D eigenvalue weighted by Crippen LogP contribution is 2.30. The monoisotopic (exact) mass is 396 g/mol. The van der Waals surface area contributed by atoms with Gasteiger partial charge >= 0.3 is 0 Å². The number of amides is 1. The predicted octanol–water partition coefficient (Wildman–Crippen LogP) is 1.72. The molecule has 0 spiro atoms. The number of hydrogen-bond donors (Lipinski definition) is 2. The third-order valence-electron chi connectivity index (χ3n) is 3.62. The number of nitro groups is 1. The number of rotatable bonds is 7. The molecule has 27 heavy (non-hydrogen) atoms. The molecule has 0 heterocycles. The lowest BCUT2D eigenvalue weighted by molar-refractivity contribution is -0.384. The molecule has 2 rings (SSSR count). The summed E-state index contributed by atoms with van der Waals surface area (Å²) in [4.78, 5) is 23.7. The van der Waals surface area contributed by atoms with Gasteiger partial charge in [0.15, 0.2) is 0 Å². The Labute approximate surface area is 155 Å². The molecule has 0 aliphatic heterocycles. The predicted molar refractivity (Wildman–Crippen MR) is 97.6 cm³/mol. The molecule has 1 amide bonds. The Bertz CT molecular complexity index is 981. The number of hydrogen-bond acceptors (Lipinski definition) is 6. The van der Waals surface area contributed by atoms with E-state index in [0.29, 0.717) is 0 Å². The largest absolute Gasteiger partial charge is 0.360 e. The number of benzene rings is 2. The maximum Gasteiger partial charge on any atom is 0.293 e. The maximum absolute atomic E-state index is 13.2. The second-order valence-electron chi connectivity index (χ2n) is 5.53. The summed E-state index contributed by atoms with van der Waals surface area (Å²) in [5.41, 5.74) is -0.157. The summed E-state index contributed by atoms with van der Waals surface area (Å²) < 4.78 is 38.9. The lowest BCUT2D eigenvalue weighted by atomic mass is 10.2. The van der Waals surface area contributed by atoms with Crippen LogP contribution in [0.2, 0.25) is 0 Å². The second kappa shape index (κ2) is 8.10. The van der Waals surface area contributed by atoms with E-state index in [-0.39, 0.29) is 22.8 Å². The van der Waals surface area contributed by atoms with Gasteiger partial charge < -0.3 is 10.2 Å². The Hall–Kier alpha value is -3.05. The molecule has 0 radical (unpaired) electrons. The van der Waals surface area contributed by atoms with Crippen LogP contribution in [-0.4, -0.2) is 39.9 Å². The van der Waals surface area contributed by atoms with E-state index in [2.05, 4.69) is 10.0 Å². The van der Waals surface area contributed by atoms with Crippen molar-refractivity contribution in [1.82, 2.24) is 4.72 Å². The molecule has 0 aliphatic rings. The van der Waals surface area contributed by atoms with Crippen molar-refractivity contribution in [3.63, 3.8) is 0 Å². The number of halogens is 1. The molecule has 0 saturated carbocycles. The average molecular weight is 396 g/mol. The topological polar surface area (TPSA) is 122 Å². The first-order chi connectivity index (χ1) is 12.6. The molecule has 0 fully saturated rings. The zero-order valence-electron chi connectivity index (χ0n) is 14.5. The van der Waals surface area contributed by atoms with Gasteiger partial charge in [-0.2, -0.15) is 0 Å². The first-order valence-corrected chi connectivity index (χ1v) is 9.11. The molecular weight excluding hydrogens is 379 g/mol. The van der Waals surface area contributed by atoms with Crippen LogP contribution in [0.5, 0.6) is 0 Å². The maximum atomic E-state index is 13.2. The van der Waals surface area contributed by atoms with Crippen LogP contribution in [0, 0.1) is 15.9 Å². The van der Waals surface area contributed by atoms with E-state index in [0.717, 1.165) is 12.1 Å². The molecule has 144 valence electrons. The zero-order chi connectivity index (χ0) is 20.2. The van der Waals surface area contributed by atoms with Crippen molar-refractivity contribution in [2.45, 2.75) is 4.90 Å². The highest BCUT2D eigenvalue weighted by molar-refractivity contribution is 7.89. The summed E-state index contributed by atoms with van der Waals surface area (Å²) in [7, 11) is -1.22. The number of carbonyl (C=O) groups is 1. The first-order valence-electron chi connectivity index (χ1n) is 7.62. The average Bonchev–Trinajstić information content (AvgIpc) is 2.60. The number of nitrogens with one attached hydrogen (secondary N) is 2. The van der Waals surface area contributed by atoms with Gasteiger partial charge in [0.2, 0.25) is 15.9 Å². The number of carbonyl (C=O) groups excluding carboxylic acids is 1. The van der Waals surface area contributed by atoms with Gasteiger partial charge in [-0.25, -0.2) is 17.5 Å². The van der Waals surface area contributed by atoms with Crippen molar-refractivity contribution in [2.75, 3.05) is 30.9 Å². The van der Waals surface area contributed by atoms with Crippen LogP contribution in [0.1, 0.15) is 0 Å². The normalized spacial score (nSPS) is 11.1.